The molecular formula is C11H28N2O5Si. The first-order valence-corrected chi connectivity index (χ1v) is 8.43. The lowest BCUT2D eigenvalue weighted by Gasteiger charge is -2.28. The van der Waals surface area contributed by atoms with E-state index in [1.165, 1.54) is 0 Å². The van der Waals surface area contributed by atoms with Gasteiger partial charge in [-0.15, -0.1) is 0 Å². The number of nitrogens with two attached hydrogens (primary N) is 1. The Kier molecular flexibility index (Phi) is 14.9. The fraction of sp³-hybridized carbons (Fsp3) is 0.909. The molecule has 0 radical (unpaired) electrons. The smallest absolute Gasteiger partial charge is 0.400 e. The fourth-order valence-corrected chi connectivity index (χ4v) is 4.13. The standard InChI is InChI=1S/C10H24N2O4Si.CH4O/c1-4-14-17(15-5-2,16-6-3)9-7-8-12-10(11)13;1-2/h4-9H2,1-3H3,(H3,11,12,13);2H,1H3. The average molecular weight is 296 g/mol. The fourth-order valence-electron chi connectivity index (χ4n) is 1.52. The lowest BCUT2D eigenvalue weighted by atomic mass is 10.5. The lowest BCUT2D eigenvalue weighted by Crippen LogP contribution is -2.46. The van der Waals surface area contributed by atoms with Gasteiger partial charge in [0.25, 0.3) is 0 Å². The second kappa shape index (κ2) is 13.8. The van der Waals surface area contributed by atoms with Crippen LogP contribution in [0, 0.1) is 0 Å². The minimum absolute atomic E-state index is 0.511. The Bertz CT molecular complexity index is 202. The van der Waals surface area contributed by atoms with E-state index in [1.807, 2.05) is 20.8 Å². The summed E-state index contributed by atoms with van der Waals surface area (Å²) >= 11 is 0. The summed E-state index contributed by atoms with van der Waals surface area (Å²) in [5.41, 5.74) is 4.99. The molecule has 7 nitrogen and oxygen atoms in total. The van der Waals surface area contributed by atoms with Crippen LogP contribution in [0.15, 0.2) is 0 Å². The predicted octanol–water partition coefficient (Wildman–Crippen LogP) is 0.702. The molecule has 0 atom stereocenters. The number of carbonyl (C=O) groups is 1. The first-order chi connectivity index (χ1) is 9.10. The van der Waals surface area contributed by atoms with Gasteiger partial charge in [0.05, 0.1) is 0 Å². The van der Waals surface area contributed by atoms with Gasteiger partial charge in [-0.3, -0.25) is 0 Å². The summed E-state index contributed by atoms with van der Waals surface area (Å²) in [5.74, 6) is 0. The van der Waals surface area contributed by atoms with Crippen LogP contribution in [0.25, 0.3) is 0 Å². The number of aliphatic hydroxyl groups excluding tert-OH is 1. The summed E-state index contributed by atoms with van der Waals surface area (Å²) in [6.45, 7) is 7.96. The molecule has 8 heteroatoms. The Morgan fingerprint density at radius 2 is 1.53 bits per heavy atom. The zero-order valence-corrected chi connectivity index (χ0v) is 13.4. The molecule has 0 aromatic rings. The molecule has 116 valence electrons. The molecule has 0 aromatic heterocycles. The summed E-state index contributed by atoms with van der Waals surface area (Å²) in [5, 5.41) is 9.54. The molecule has 2 amide bonds. The number of urea groups is 1. The monoisotopic (exact) mass is 296 g/mol. The number of hydrogen-bond acceptors (Lipinski definition) is 5. The third kappa shape index (κ3) is 10.9. The van der Waals surface area contributed by atoms with Crippen molar-refractivity contribution in [3.63, 3.8) is 0 Å². The van der Waals surface area contributed by atoms with Gasteiger partial charge in [0.1, 0.15) is 0 Å². The van der Waals surface area contributed by atoms with Gasteiger partial charge in [-0.2, -0.15) is 0 Å². The Labute approximate surface area is 116 Å². The molecule has 4 N–H and O–H groups in total. The van der Waals surface area contributed by atoms with Gasteiger partial charge in [-0.05, 0) is 27.2 Å². The number of rotatable bonds is 10. The molecule has 19 heavy (non-hydrogen) atoms. The van der Waals surface area contributed by atoms with E-state index >= 15 is 0 Å². The van der Waals surface area contributed by atoms with Crippen molar-refractivity contribution < 1.29 is 23.2 Å². The lowest BCUT2D eigenvalue weighted by molar-refractivity contribution is 0.0708. The second-order valence-corrected chi connectivity index (χ2v) is 6.11. The van der Waals surface area contributed by atoms with E-state index in [0.29, 0.717) is 32.4 Å². The third-order valence-electron chi connectivity index (χ3n) is 2.05. The van der Waals surface area contributed by atoms with Crippen molar-refractivity contribution in [3.8, 4) is 0 Å². The van der Waals surface area contributed by atoms with Gasteiger partial charge in [-0.25, -0.2) is 4.79 Å². The van der Waals surface area contributed by atoms with Crippen molar-refractivity contribution in [1.82, 2.24) is 5.32 Å². The van der Waals surface area contributed by atoms with Crippen LogP contribution < -0.4 is 11.1 Å². The highest BCUT2D eigenvalue weighted by Crippen LogP contribution is 2.17. The maximum Gasteiger partial charge on any atom is 0.500 e. The molecule has 0 spiro atoms. The average Bonchev–Trinajstić information content (AvgIpc) is 2.38. The van der Waals surface area contributed by atoms with Gasteiger partial charge >= 0.3 is 14.8 Å². The van der Waals surface area contributed by atoms with E-state index < -0.39 is 14.8 Å². The molecule has 0 fully saturated rings. The van der Waals surface area contributed by atoms with Gasteiger partial charge < -0.3 is 29.4 Å². The van der Waals surface area contributed by atoms with E-state index in [9.17, 15) is 4.79 Å². The number of nitrogens with one attached hydrogen (secondary N) is 1. The summed E-state index contributed by atoms with van der Waals surface area (Å²) in [7, 11) is -1.56. The highest BCUT2D eigenvalue weighted by Gasteiger charge is 2.39. The van der Waals surface area contributed by atoms with Gasteiger partial charge in [0.15, 0.2) is 0 Å². The van der Waals surface area contributed by atoms with Crippen LogP contribution >= 0.6 is 0 Å². The molecule has 0 bridgehead atoms. The van der Waals surface area contributed by atoms with Crippen LogP contribution in [-0.4, -0.2) is 53.4 Å². The minimum atomic E-state index is -2.56. The van der Waals surface area contributed by atoms with E-state index in [0.717, 1.165) is 13.5 Å². The van der Waals surface area contributed by atoms with Gasteiger partial charge in [0, 0.05) is 39.5 Å². The van der Waals surface area contributed by atoms with E-state index in [-0.39, 0.29) is 0 Å². The van der Waals surface area contributed by atoms with Crippen molar-refractivity contribution in [1.29, 1.82) is 0 Å². The molecule has 0 saturated heterocycles. The van der Waals surface area contributed by atoms with Crippen molar-refractivity contribution in [2.45, 2.75) is 33.2 Å². The normalized spacial score (nSPS) is 10.6. The summed E-state index contributed by atoms with van der Waals surface area (Å²) < 4.78 is 17.0. The zero-order chi connectivity index (χ0) is 15.1. The van der Waals surface area contributed by atoms with Crippen LogP contribution in [0.3, 0.4) is 0 Å². The third-order valence-corrected chi connectivity index (χ3v) is 5.20. The molecule has 0 aliphatic carbocycles. The van der Waals surface area contributed by atoms with Crippen LogP contribution in [0.1, 0.15) is 27.2 Å². The van der Waals surface area contributed by atoms with Crippen molar-refractivity contribution in [2.24, 2.45) is 5.73 Å². The Morgan fingerprint density at radius 3 is 1.84 bits per heavy atom. The van der Waals surface area contributed by atoms with Crippen molar-refractivity contribution >= 4 is 14.8 Å². The molecule has 0 saturated carbocycles. The van der Waals surface area contributed by atoms with E-state index in [4.69, 9.17) is 24.1 Å². The molecule has 0 aliphatic rings. The predicted molar refractivity (Wildman–Crippen MR) is 75.8 cm³/mol. The van der Waals surface area contributed by atoms with Crippen molar-refractivity contribution in [3.05, 3.63) is 0 Å². The summed E-state index contributed by atoms with van der Waals surface area (Å²) in [4.78, 5) is 10.5. The zero-order valence-electron chi connectivity index (χ0n) is 12.4. The van der Waals surface area contributed by atoms with E-state index in [2.05, 4.69) is 5.32 Å². The topological polar surface area (TPSA) is 103 Å². The number of amides is 2. The van der Waals surface area contributed by atoms with Crippen LogP contribution in [0.2, 0.25) is 6.04 Å². The number of carbonyl (C=O) groups excluding carboxylic acids is 1. The molecular weight excluding hydrogens is 268 g/mol. The highest BCUT2D eigenvalue weighted by molar-refractivity contribution is 6.60. The number of hydrogen-bond donors (Lipinski definition) is 3. The van der Waals surface area contributed by atoms with Crippen LogP contribution in [0.5, 0.6) is 0 Å². The molecule has 0 heterocycles. The maximum absolute atomic E-state index is 10.5. The van der Waals surface area contributed by atoms with Gasteiger partial charge in [-0.1, -0.05) is 0 Å². The Hall–Kier alpha value is -0.673. The van der Waals surface area contributed by atoms with Crippen LogP contribution in [0.4, 0.5) is 4.79 Å². The number of aliphatic hydroxyl groups is 1. The molecule has 0 aliphatic heterocycles. The number of primary amides is 1. The maximum atomic E-state index is 10.5. The van der Waals surface area contributed by atoms with Crippen molar-refractivity contribution in [2.75, 3.05) is 33.5 Å². The van der Waals surface area contributed by atoms with Gasteiger partial charge in [0.2, 0.25) is 0 Å². The summed E-state index contributed by atoms with van der Waals surface area (Å²) in [6, 6.07) is 0.171. The SMILES string of the molecule is CCO[Si](CCCNC(N)=O)(OCC)OCC.CO. The highest BCUT2D eigenvalue weighted by atomic mass is 28.4. The molecule has 0 unspecified atom stereocenters. The van der Waals surface area contributed by atoms with E-state index in [1.54, 1.807) is 0 Å². The largest absolute Gasteiger partial charge is 0.500 e. The quantitative estimate of drug-likeness (QED) is 0.407. The Balaban J connectivity index is 0. The first kappa shape index (κ1) is 20.6. The second-order valence-electron chi connectivity index (χ2n) is 3.38. The first-order valence-electron chi connectivity index (χ1n) is 6.50. The van der Waals surface area contributed by atoms with Crippen LogP contribution in [-0.2, 0) is 13.3 Å². The minimum Gasteiger partial charge on any atom is -0.400 e. The molecule has 0 rings (SSSR count). The Morgan fingerprint density at radius 1 is 1.11 bits per heavy atom. The molecule has 0 aromatic carbocycles. The summed E-state index contributed by atoms with van der Waals surface area (Å²) in [6.07, 6.45) is 0.731.